The van der Waals surface area contributed by atoms with Gasteiger partial charge in [-0.2, -0.15) is 0 Å². The van der Waals surface area contributed by atoms with Crippen molar-refractivity contribution in [3.8, 4) is 0 Å². The smallest absolute Gasteiger partial charge is 0.257 e. The monoisotopic (exact) mass is 358 g/mol. The van der Waals surface area contributed by atoms with E-state index in [2.05, 4.69) is 31.2 Å². The summed E-state index contributed by atoms with van der Waals surface area (Å²) in [5.74, 6) is 0.678. The highest BCUT2D eigenvalue weighted by Gasteiger charge is 2.12. The number of aromatic nitrogens is 2. The minimum atomic E-state index is -0.163. The van der Waals surface area contributed by atoms with E-state index in [0.717, 1.165) is 21.2 Å². The Morgan fingerprint density at radius 3 is 2.77 bits per heavy atom. The summed E-state index contributed by atoms with van der Waals surface area (Å²) in [5.41, 5.74) is 2.20. The maximum atomic E-state index is 12.4. The highest BCUT2D eigenvalue weighted by Crippen LogP contribution is 2.23. The molecule has 3 rings (SSSR count). The van der Waals surface area contributed by atoms with E-state index in [9.17, 15) is 4.79 Å². The van der Waals surface area contributed by atoms with Crippen LogP contribution in [0.3, 0.4) is 0 Å². The lowest BCUT2D eigenvalue weighted by molar-refractivity contribution is 0.102. The predicted molar refractivity (Wildman–Crippen MR) is 92.5 cm³/mol. The van der Waals surface area contributed by atoms with Gasteiger partial charge in [-0.05, 0) is 30.3 Å². The van der Waals surface area contributed by atoms with Crippen LogP contribution in [0.25, 0.3) is 10.9 Å². The molecule has 1 aromatic carbocycles. The number of nitrogens with one attached hydrogen (secondary N) is 2. The molecule has 3 aromatic rings. The van der Waals surface area contributed by atoms with Gasteiger partial charge in [0.25, 0.3) is 5.91 Å². The predicted octanol–water partition coefficient (Wildman–Crippen LogP) is 3.64. The number of fused-ring (bicyclic) bond motifs is 1. The number of nitrogens with zero attached hydrogens (tertiary/aromatic N) is 2. The molecule has 0 radical (unpaired) electrons. The highest BCUT2D eigenvalue weighted by molar-refractivity contribution is 9.10. The average Bonchev–Trinajstić information content (AvgIpc) is 2.90. The quantitative estimate of drug-likeness (QED) is 0.751. The Balaban J connectivity index is 1.85. The normalized spacial score (nSPS) is 10.7. The molecule has 0 fully saturated rings. The second-order valence-electron chi connectivity index (χ2n) is 5.15. The minimum Gasteiger partial charge on any atom is -0.363 e. The number of carbonyl (C=O) groups is 1. The summed E-state index contributed by atoms with van der Waals surface area (Å²) < 4.78 is 0.936. The van der Waals surface area contributed by atoms with E-state index in [0.29, 0.717) is 11.3 Å². The number of amides is 1. The van der Waals surface area contributed by atoms with Crippen molar-refractivity contribution in [2.75, 3.05) is 24.3 Å². The molecule has 1 amide bonds. The van der Waals surface area contributed by atoms with E-state index >= 15 is 0 Å². The van der Waals surface area contributed by atoms with Crippen LogP contribution < -0.4 is 10.2 Å². The van der Waals surface area contributed by atoms with Crippen LogP contribution in [0.15, 0.2) is 47.2 Å². The molecule has 0 aliphatic heterocycles. The highest BCUT2D eigenvalue weighted by atomic mass is 79.9. The fourth-order valence-corrected chi connectivity index (χ4v) is 2.56. The first-order valence-corrected chi connectivity index (χ1v) is 7.55. The van der Waals surface area contributed by atoms with E-state index < -0.39 is 0 Å². The van der Waals surface area contributed by atoms with Crippen LogP contribution >= 0.6 is 15.9 Å². The first kappa shape index (κ1) is 14.6. The molecular formula is C16H15BrN4O. The van der Waals surface area contributed by atoms with Crippen molar-refractivity contribution in [3.05, 3.63) is 52.8 Å². The van der Waals surface area contributed by atoms with Gasteiger partial charge in [-0.25, -0.2) is 4.98 Å². The summed E-state index contributed by atoms with van der Waals surface area (Å²) in [5, 5.41) is 3.75. The van der Waals surface area contributed by atoms with Crippen molar-refractivity contribution in [3.63, 3.8) is 0 Å². The van der Waals surface area contributed by atoms with Crippen molar-refractivity contribution < 1.29 is 4.79 Å². The van der Waals surface area contributed by atoms with E-state index in [4.69, 9.17) is 0 Å². The zero-order valence-electron chi connectivity index (χ0n) is 12.2. The molecule has 0 saturated carbocycles. The second kappa shape index (κ2) is 5.81. The van der Waals surface area contributed by atoms with Gasteiger partial charge >= 0.3 is 0 Å². The van der Waals surface area contributed by atoms with Crippen LogP contribution in [-0.4, -0.2) is 30.0 Å². The van der Waals surface area contributed by atoms with Gasteiger partial charge in [-0.1, -0.05) is 15.9 Å². The summed E-state index contributed by atoms with van der Waals surface area (Å²) in [6.45, 7) is 0. The lowest BCUT2D eigenvalue weighted by Crippen LogP contribution is -2.13. The maximum Gasteiger partial charge on any atom is 0.257 e. The second-order valence-corrected chi connectivity index (χ2v) is 6.06. The number of benzene rings is 1. The van der Waals surface area contributed by atoms with E-state index in [1.54, 1.807) is 12.4 Å². The average molecular weight is 359 g/mol. The molecule has 6 heteroatoms. The fraction of sp³-hybridized carbons (Fsp3) is 0.125. The Labute approximate surface area is 136 Å². The third kappa shape index (κ3) is 2.82. The fourth-order valence-electron chi connectivity index (χ4n) is 2.20. The zero-order chi connectivity index (χ0) is 15.7. The van der Waals surface area contributed by atoms with Crippen molar-refractivity contribution in [1.82, 2.24) is 9.97 Å². The summed E-state index contributed by atoms with van der Waals surface area (Å²) >= 11 is 3.43. The molecule has 0 bridgehead atoms. The first-order chi connectivity index (χ1) is 10.5. The van der Waals surface area contributed by atoms with Gasteiger partial charge in [-0.15, -0.1) is 0 Å². The van der Waals surface area contributed by atoms with Crippen LogP contribution in [0, 0.1) is 0 Å². The van der Waals surface area contributed by atoms with E-state index in [1.165, 1.54) is 0 Å². The summed E-state index contributed by atoms with van der Waals surface area (Å²) in [7, 11) is 3.84. The first-order valence-electron chi connectivity index (χ1n) is 6.76. The summed E-state index contributed by atoms with van der Waals surface area (Å²) in [6.07, 6.45) is 3.37. The number of pyridine rings is 1. The lowest BCUT2D eigenvalue weighted by Gasteiger charge is -2.11. The minimum absolute atomic E-state index is 0.163. The summed E-state index contributed by atoms with van der Waals surface area (Å²) in [6, 6.07) is 9.49. The molecule has 0 spiro atoms. The van der Waals surface area contributed by atoms with Gasteiger partial charge in [0.2, 0.25) is 0 Å². The van der Waals surface area contributed by atoms with Crippen LogP contribution in [-0.2, 0) is 0 Å². The molecule has 22 heavy (non-hydrogen) atoms. The molecule has 0 unspecified atom stereocenters. The molecule has 0 aliphatic carbocycles. The van der Waals surface area contributed by atoms with Crippen molar-refractivity contribution in [2.45, 2.75) is 0 Å². The molecule has 0 atom stereocenters. The Morgan fingerprint density at radius 2 is 2.09 bits per heavy atom. The van der Waals surface area contributed by atoms with Crippen LogP contribution in [0.4, 0.5) is 11.5 Å². The van der Waals surface area contributed by atoms with Crippen LogP contribution in [0.5, 0.6) is 0 Å². The lowest BCUT2D eigenvalue weighted by atomic mass is 10.1. The Kier molecular flexibility index (Phi) is 3.85. The van der Waals surface area contributed by atoms with Gasteiger partial charge in [0, 0.05) is 35.7 Å². The van der Waals surface area contributed by atoms with Crippen molar-refractivity contribution in [1.29, 1.82) is 0 Å². The van der Waals surface area contributed by atoms with Gasteiger partial charge in [0.1, 0.15) is 5.82 Å². The van der Waals surface area contributed by atoms with Gasteiger partial charge in [0.05, 0.1) is 17.4 Å². The maximum absolute atomic E-state index is 12.4. The number of halogens is 1. The molecule has 0 aliphatic rings. The summed E-state index contributed by atoms with van der Waals surface area (Å²) in [4.78, 5) is 21.7. The van der Waals surface area contributed by atoms with Crippen molar-refractivity contribution in [2.24, 2.45) is 0 Å². The number of rotatable bonds is 3. The third-order valence-corrected chi connectivity index (χ3v) is 3.85. The molecule has 112 valence electrons. The van der Waals surface area contributed by atoms with E-state index in [1.807, 2.05) is 49.3 Å². The molecular weight excluding hydrogens is 344 g/mol. The van der Waals surface area contributed by atoms with E-state index in [-0.39, 0.29) is 5.91 Å². The SMILES string of the molecule is CN(C)c1ccc(NC(=O)c2c[nH]c3ccc(Br)cc23)cn1. The third-order valence-electron chi connectivity index (χ3n) is 3.35. The number of hydrogen-bond donors (Lipinski definition) is 2. The largest absolute Gasteiger partial charge is 0.363 e. The number of hydrogen-bond acceptors (Lipinski definition) is 3. The van der Waals surface area contributed by atoms with Gasteiger partial charge in [0.15, 0.2) is 0 Å². The Bertz CT molecular complexity index is 824. The van der Waals surface area contributed by atoms with Gasteiger partial charge < -0.3 is 15.2 Å². The Morgan fingerprint density at radius 1 is 1.27 bits per heavy atom. The number of anilines is 2. The standard InChI is InChI=1S/C16H15BrN4O/c1-21(2)15-6-4-11(8-19-15)20-16(22)13-9-18-14-5-3-10(17)7-12(13)14/h3-9,18H,1-2H3,(H,20,22). The molecule has 2 aromatic heterocycles. The Hall–Kier alpha value is -2.34. The number of H-pyrrole nitrogens is 1. The molecule has 2 heterocycles. The van der Waals surface area contributed by atoms with Gasteiger partial charge in [-0.3, -0.25) is 4.79 Å². The number of aromatic amines is 1. The molecule has 5 nitrogen and oxygen atoms in total. The number of carbonyl (C=O) groups excluding carboxylic acids is 1. The van der Waals surface area contributed by atoms with Crippen LogP contribution in [0.1, 0.15) is 10.4 Å². The molecule has 0 saturated heterocycles. The topological polar surface area (TPSA) is 61.0 Å². The zero-order valence-corrected chi connectivity index (χ0v) is 13.8. The molecule has 2 N–H and O–H groups in total. The van der Waals surface area contributed by atoms with Crippen molar-refractivity contribution >= 4 is 44.2 Å². The van der Waals surface area contributed by atoms with Crippen LogP contribution in [0.2, 0.25) is 0 Å².